The molecule has 2 unspecified atom stereocenters. The Labute approximate surface area is 240 Å². The molecular formula is C30H40N6O5. The van der Waals surface area contributed by atoms with Crippen molar-refractivity contribution in [3.8, 4) is 0 Å². The summed E-state index contributed by atoms with van der Waals surface area (Å²) in [5, 5.41) is 5.36. The van der Waals surface area contributed by atoms with Crippen LogP contribution in [0.2, 0.25) is 0 Å². The molecule has 2 heterocycles. The Morgan fingerprint density at radius 2 is 1.93 bits per heavy atom. The topological polar surface area (TPSA) is 141 Å². The number of amides is 3. The van der Waals surface area contributed by atoms with Crippen molar-refractivity contribution in [2.75, 3.05) is 45.3 Å². The number of anilines is 1. The van der Waals surface area contributed by atoms with E-state index in [2.05, 4.69) is 21.3 Å². The Bertz CT molecular complexity index is 1340. The summed E-state index contributed by atoms with van der Waals surface area (Å²) < 4.78 is 12.6. The zero-order valence-corrected chi connectivity index (χ0v) is 23.8. The van der Waals surface area contributed by atoms with E-state index in [-0.39, 0.29) is 37.0 Å². The molecule has 0 bridgehead atoms. The number of imidazole rings is 1. The van der Waals surface area contributed by atoms with Crippen LogP contribution in [0.4, 0.5) is 10.5 Å². The number of ether oxygens (including phenoxy) is 2. The SMILES string of the molecule is CCOC(=O)c1ccccc1NC(=O)NCC(N)CC(=O)N1CCCC(c2nc3ccccc3n2CCCOC)C1. The Morgan fingerprint density at radius 1 is 1.15 bits per heavy atom. The summed E-state index contributed by atoms with van der Waals surface area (Å²) in [5.41, 5.74) is 8.88. The van der Waals surface area contributed by atoms with Crippen LogP contribution in [-0.4, -0.2) is 78.4 Å². The maximum absolute atomic E-state index is 13.2. The van der Waals surface area contributed by atoms with Crippen LogP contribution in [0.5, 0.6) is 0 Å². The maximum Gasteiger partial charge on any atom is 0.340 e. The van der Waals surface area contributed by atoms with Gasteiger partial charge in [0.05, 0.1) is 28.9 Å². The quantitative estimate of drug-likeness (QED) is 0.226. The summed E-state index contributed by atoms with van der Waals surface area (Å²) in [6.45, 7) is 4.77. The average molecular weight is 565 g/mol. The number of aryl methyl sites for hydroxylation is 1. The molecule has 0 aliphatic carbocycles. The normalized spacial score (nSPS) is 15.9. The van der Waals surface area contributed by atoms with Crippen LogP contribution >= 0.6 is 0 Å². The van der Waals surface area contributed by atoms with E-state index in [9.17, 15) is 14.4 Å². The molecule has 220 valence electrons. The number of esters is 1. The Balaban J connectivity index is 1.32. The lowest BCUT2D eigenvalue weighted by Gasteiger charge is -2.33. The van der Waals surface area contributed by atoms with E-state index in [0.29, 0.717) is 25.4 Å². The highest BCUT2D eigenvalue weighted by molar-refractivity contribution is 6.00. The molecule has 3 amide bonds. The lowest BCUT2D eigenvalue weighted by molar-refractivity contribution is -0.132. The fourth-order valence-electron chi connectivity index (χ4n) is 5.22. The number of urea groups is 1. The maximum atomic E-state index is 13.2. The fraction of sp³-hybridized carbons (Fsp3) is 0.467. The number of carbonyl (C=O) groups excluding carboxylic acids is 3. The molecule has 0 saturated carbocycles. The number of likely N-dealkylation sites (tertiary alicyclic amines) is 1. The first-order chi connectivity index (χ1) is 19.9. The largest absolute Gasteiger partial charge is 0.462 e. The van der Waals surface area contributed by atoms with Gasteiger partial charge < -0.3 is 35.3 Å². The molecule has 4 rings (SSSR count). The molecule has 1 aromatic heterocycles. The van der Waals surface area contributed by atoms with Gasteiger partial charge in [-0.3, -0.25) is 4.79 Å². The van der Waals surface area contributed by atoms with Crippen molar-refractivity contribution in [2.45, 2.75) is 51.1 Å². The molecule has 2 aromatic carbocycles. The minimum atomic E-state index is -0.562. The zero-order valence-electron chi connectivity index (χ0n) is 23.8. The summed E-state index contributed by atoms with van der Waals surface area (Å²) in [5.74, 6) is 0.572. The summed E-state index contributed by atoms with van der Waals surface area (Å²) in [6.07, 6.45) is 2.83. The second kappa shape index (κ2) is 14.6. The van der Waals surface area contributed by atoms with Crippen LogP contribution in [0.3, 0.4) is 0 Å². The smallest absolute Gasteiger partial charge is 0.340 e. The average Bonchev–Trinajstić information content (AvgIpc) is 3.35. The van der Waals surface area contributed by atoms with Gasteiger partial charge in [0.1, 0.15) is 5.82 Å². The van der Waals surface area contributed by atoms with Crippen molar-refractivity contribution in [1.82, 2.24) is 19.8 Å². The van der Waals surface area contributed by atoms with Gasteiger partial charge in [-0.05, 0) is 50.5 Å². The van der Waals surface area contributed by atoms with Gasteiger partial charge in [0, 0.05) is 58.3 Å². The van der Waals surface area contributed by atoms with Crippen molar-refractivity contribution in [2.24, 2.45) is 5.73 Å². The first-order valence-electron chi connectivity index (χ1n) is 14.2. The van der Waals surface area contributed by atoms with E-state index in [4.69, 9.17) is 20.2 Å². The van der Waals surface area contributed by atoms with Gasteiger partial charge in [0.15, 0.2) is 0 Å². The van der Waals surface area contributed by atoms with Gasteiger partial charge >= 0.3 is 12.0 Å². The highest BCUT2D eigenvalue weighted by Gasteiger charge is 2.29. The molecule has 3 aromatic rings. The molecule has 1 aliphatic heterocycles. The van der Waals surface area contributed by atoms with E-state index in [1.165, 1.54) is 0 Å². The number of hydrogen-bond acceptors (Lipinski definition) is 7. The number of para-hydroxylation sites is 3. The number of fused-ring (bicyclic) bond motifs is 1. The number of aromatic nitrogens is 2. The highest BCUT2D eigenvalue weighted by atomic mass is 16.5. The third kappa shape index (κ3) is 7.83. The molecular weight excluding hydrogens is 524 g/mol. The number of piperidine rings is 1. The van der Waals surface area contributed by atoms with Gasteiger partial charge in [0.25, 0.3) is 0 Å². The van der Waals surface area contributed by atoms with Crippen molar-refractivity contribution in [3.63, 3.8) is 0 Å². The molecule has 1 aliphatic rings. The molecule has 0 spiro atoms. The molecule has 11 heteroatoms. The first-order valence-corrected chi connectivity index (χ1v) is 14.2. The van der Waals surface area contributed by atoms with Crippen LogP contribution < -0.4 is 16.4 Å². The lowest BCUT2D eigenvalue weighted by atomic mass is 9.96. The van der Waals surface area contributed by atoms with E-state index in [0.717, 1.165) is 42.7 Å². The zero-order chi connectivity index (χ0) is 29.2. The number of nitrogens with two attached hydrogens (primary N) is 1. The standard InChI is InChI=1S/C30H40N6O5/c1-3-41-29(38)23-11-4-5-12-24(23)34-30(39)32-19-22(31)18-27(37)35-15-8-10-21(20-35)28-33-25-13-6-7-14-26(25)36(28)16-9-17-40-2/h4-7,11-14,21-22H,3,8-10,15-20,31H2,1-2H3,(H2,32,34,39). The summed E-state index contributed by atoms with van der Waals surface area (Å²) in [6, 6.07) is 13.6. The Kier molecular flexibility index (Phi) is 10.7. The van der Waals surface area contributed by atoms with Crippen molar-refractivity contribution in [3.05, 3.63) is 59.9 Å². The summed E-state index contributed by atoms with van der Waals surface area (Å²) in [7, 11) is 1.70. The van der Waals surface area contributed by atoms with Gasteiger partial charge in [-0.2, -0.15) is 0 Å². The third-order valence-electron chi connectivity index (χ3n) is 7.19. The van der Waals surface area contributed by atoms with Gasteiger partial charge in [0.2, 0.25) is 5.91 Å². The number of nitrogens with zero attached hydrogens (tertiary/aromatic N) is 3. The summed E-state index contributed by atoms with van der Waals surface area (Å²) in [4.78, 5) is 44.7. The second-order valence-electron chi connectivity index (χ2n) is 10.2. The first kappa shape index (κ1) is 30.0. The van der Waals surface area contributed by atoms with Crippen molar-refractivity contribution >= 4 is 34.6 Å². The van der Waals surface area contributed by atoms with E-state index >= 15 is 0 Å². The number of rotatable bonds is 12. The Hall–Kier alpha value is -3.96. The molecule has 41 heavy (non-hydrogen) atoms. The molecule has 2 atom stereocenters. The minimum Gasteiger partial charge on any atom is -0.462 e. The summed E-state index contributed by atoms with van der Waals surface area (Å²) >= 11 is 0. The van der Waals surface area contributed by atoms with Crippen molar-refractivity contribution < 1.29 is 23.9 Å². The molecule has 1 fully saturated rings. The molecule has 1 saturated heterocycles. The van der Waals surface area contributed by atoms with Crippen molar-refractivity contribution in [1.29, 1.82) is 0 Å². The lowest BCUT2D eigenvalue weighted by Crippen LogP contribution is -2.45. The monoisotopic (exact) mass is 564 g/mol. The predicted octanol–water partition coefficient (Wildman–Crippen LogP) is 3.49. The molecule has 0 radical (unpaired) electrons. The van der Waals surface area contributed by atoms with Crippen LogP contribution in [0.25, 0.3) is 11.0 Å². The van der Waals surface area contributed by atoms with Gasteiger partial charge in [-0.15, -0.1) is 0 Å². The highest BCUT2D eigenvalue weighted by Crippen LogP contribution is 2.30. The predicted molar refractivity (Wildman–Crippen MR) is 157 cm³/mol. The number of methoxy groups -OCH3 is 1. The second-order valence-corrected chi connectivity index (χ2v) is 10.2. The number of carbonyl (C=O) groups is 3. The minimum absolute atomic E-state index is 0.0425. The molecule has 4 N–H and O–H groups in total. The number of hydrogen-bond donors (Lipinski definition) is 3. The third-order valence-corrected chi connectivity index (χ3v) is 7.19. The van der Waals surface area contributed by atoms with Crippen LogP contribution in [0.1, 0.15) is 54.7 Å². The van der Waals surface area contributed by atoms with E-state index in [1.54, 1.807) is 38.3 Å². The Morgan fingerprint density at radius 3 is 2.73 bits per heavy atom. The van der Waals surface area contributed by atoms with Crippen LogP contribution in [0, 0.1) is 0 Å². The van der Waals surface area contributed by atoms with E-state index < -0.39 is 18.0 Å². The molecule has 11 nitrogen and oxygen atoms in total. The van der Waals surface area contributed by atoms with E-state index in [1.807, 2.05) is 23.1 Å². The van der Waals surface area contributed by atoms with Crippen LogP contribution in [0.15, 0.2) is 48.5 Å². The number of benzene rings is 2. The van der Waals surface area contributed by atoms with Crippen LogP contribution in [-0.2, 0) is 20.8 Å². The number of nitrogens with one attached hydrogen (secondary N) is 2. The fourth-order valence-corrected chi connectivity index (χ4v) is 5.22. The van der Waals surface area contributed by atoms with Gasteiger partial charge in [-0.25, -0.2) is 14.6 Å². The van der Waals surface area contributed by atoms with Gasteiger partial charge in [-0.1, -0.05) is 24.3 Å².